The van der Waals surface area contributed by atoms with Crippen LogP contribution >= 0.6 is 34.3 Å². The summed E-state index contributed by atoms with van der Waals surface area (Å²) in [5.74, 6) is -0.283. The van der Waals surface area contributed by atoms with E-state index in [9.17, 15) is 4.79 Å². The lowest BCUT2D eigenvalue weighted by Gasteiger charge is -2.07. The van der Waals surface area contributed by atoms with Crippen molar-refractivity contribution < 1.29 is 9.53 Å². The molecule has 0 aliphatic rings. The van der Waals surface area contributed by atoms with Gasteiger partial charge in [0.15, 0.2) is 4.80 Å². The van der Waals surface area contributed by atoms with Crippen LogP contribution in [0, 0.1) is 6.92 Å². The molecule has 0 spiro atoms. The van der Waals surface area contributed by atoms with E-state index in [0.717, 1.165) is 20.7 Å². The van der Waals surface area contributed by atoms with Gasteiger partial charge in [-0.05, 0) is 42.1 Å². The fourth-order valence-electron chi connectivity index (χ4n) is 2.46. The molecule has 0 radical (unpaired) electrons. The van der Waals surface area contributed by atoms with Gasteiger partial charge in [0.25, 0.3) is 5.91 Å². The molecule has 0 atom stereocenters. The van der Waals surface area contributed by atoms with Gasteiger partial charge < -0.3 is 9.30 Å². The standard InChI is InChI=1S/C18H17ClN2O2S2/c1-12-14(19)6-7-15-17(12)21(9-10-23-2)18(25-15)20-16(22)8-5-13-4-3-11-24-13/h3-8,11H,9-10H2,1-2H3/b8-5+,20-18?. The minimum Gasteiger partial charge on any atom is -0.383 e. The summed E-state index contributed by atoms with van der Waals surface area (Å²) in [7, 11) is 1.65. The number of thiophene rings is 1. The number of halogens is 1. The summed E-state index contributed by atoms with van der Waals surface area (Å²) < 4.78 is 8.25. The molecule has 1 aromatic carbocycles. The fraction of sp³-hybridized carbons (Fsp3) is 0.222. The summed E-state index contributed by atoms with van der Waals surface area (Å²) >= 11 is 9.33. The zero-order valence-corrected chi connectivity index (χ0v) is 16.2. The number of fused-ring (bicyclic) bond motifs is 1. The number of aromatic nitrogens is 1. The van der Waals surface area contributed by atoms with E-state index in [-0.39, 0.29) is 5.91 Å². The zero-order valence-electron chi connectivity index (χ0n) is 13.9. The number of methoxy groups -OCH3 is 1. The van der Waals surface area contributed by atoms with E-state index < -0.39 is 0 Å². The van der Waals surface area contributed by atoms with Crippen LogP contribution in [0.25, 0.3) is 16.3 Å². The van der Waals surface area contributed by atoms with Gasteiger partial charge in [-0.15, -0.1) is 11.3 Å². The summed E-state index contributed by atoms with van der Waals surface area (Å²) in [5.41, 5.74) is 1.98. The predicted octanol–water partition coefficient (Wildman–Crippen LogP) is 4.51. The first kappa shape index (κ1) is 18.1. The maximum atomic E-state index is 12.2. The van der Waals surface area contributed by atoms with Crippen molar-refractivity contribution in [2.45, 2.75) is 13.5 Å². The molecule has 1 amide bonds. The number of hydrogen-bond donors (Lipinski definition) is 0. The van der Waals surface area contributed by atoms with Crippen LogP contribution in [-0.4, -0.2) is 24.2 Å². The Morgan fingerprint density at radius 3 is 2.96 bits per heavy atom. The molecule has 0 aliphatic carbocycles. The SMILES string of the molecule is COCCn1c(=NC(=O)/C=C/c2cccs2)sc2ccc(Cl)c(C)c21. The highest BCUT2D eigenvalue weighted by Gasteiger charge is 2.11. The third kappa shape index (κ3) is 4.10. The van der Waals surface area contributed by atoms with Gasteiger partial charge in [-0.1, -0.05) is 29.0 Å². The van der Waals surface area contributed by atoms with Crippen LogP contribution in [-0.2, 0) is 16.1 Å². The highest BCUT2D eigenvalue weighted by Crippen LogP contribution is 2.27. The Morgan fingerprint density at radius 2 is 2.24 bits per heavy atom. The van der Waals surface area contributed by atoms with Crippen molar-refractivity contribution in [3.8, 4) is 0 Å². The summed E-state index contributed by atoms with van der Waals surface area (Å²) in [5, 5.41) is 2.67. The van der Waals surface area contributed by atoms with E-state index >= 15 is 0 Å². The summed E-state index contributed by atoms with van der Waals surface area (Å²) in [6, 6.07) is 7.74. The maximum absolute atomic E-state index is 12.2. The quantitative estimate of drug-likeness (QED) is 0.599. The van der Waals surface area contributed by atoms with Crippen molar-refractivity contribution in [3.63, 3.8) is 0 Å². The maximum Gasteiger partial charge on any atom is 0.272 e. The van der Waals surface area contributed by atoms with Crippen LogP contribution < -0.4 is 4.80 Å². The number of benzene rings is 1. The summed E-state index contributed by atoms with van der Waals surface area (Å²) in [6.07, 6.45) is 3.28. The van der Waals surface area contributed by atoms with Gasteiger partial charge >= 0.3 is 0 Å². The van der Waals surface area contributed by atoms with Gasteiger partial charge in [0.1, 0.15) is 0 Å². The fourth-order valence-corrected chi connectivity index (χ4v) is 4.35. The van der Waals surface area contributed by atoms with Crippen molar-refractivity contribution in [2.75, 3.05) is 13.7 Å². The van der Waals surface area contributed by atoms with Crippen LogP contribution in [0.4, 0.5) is 0 Å². The summed E-state index contributed by atoms with van der Waals surface area (Å²) in [6.45, 7) is 3.12. The van der Waals surface area contributed by atoms with Gasteiger partial charge in [-0.25, -0.2) is 0 Å². The molecule has 25 heavy (non-hydrogen) atoms. The Kier molecular flexibility index (Phi) is 5.86. The van der Waals surface area contributed by atoms with E-state index in [1.165, 1.54) is 17.4 Å². The van der Waals surface area contributed by atoms with Crippen LogP contribution in [0.1, 0.15) is 10.4 Å². The van der Waals surface area contributed by atoms with Crippen LogP contribution in [0.5, 0.6) is 0 Å². The zero-order chi connectivity index (χ0) is 17.8. The second-order valence-corrected chi connectivity index (χ2v) is 7.74. The predicted molar refractivity (Wildman–Crippen MR) is 105 cm³/mol. The van der Waals surface area contributed by atoms with E-state index in [4.69, 9.17) is 16.3 Å². The minimum atomic E-state index is -0.283. The summed E-state index contributed by atoms with van der Waals surface area (Å²) in [4.78, 5) is 18.2. The van der Waals surface area contributed by atoms with Crippen molar-refractivity contribution in [1.82, 2.24) is 4.57 Å². The molecule has 2 heterocycles. The Hall–Kier alpha value is -1.73. The van der Waals surface area contributed by atoms with Gasteiger partial charge in [-0.2, -0.15) is 4.99 Å². The molecule has 0 bridgehead atoms. The van der Waals surface area contributed by atoms with Gasteiger partial charge in [-0.3, -0.25) is 4.79 Å². The van der Waals surface area contributed by atoms with Gasteiger partial charge in [0.2, 0.25) is 0 Å². The largest absolute Gasteiger partial charge is 0.383 e. The number of hydrogen-bond acceptors (Lipinski definition) is 4. The molecule has 0 N–H and O–H groups in total. The molecular weight excluding hydrogens is 376 g/mol. The van der Waals surface area contributed by atoms with Crippen molar-refractivity contribution in [1.29, 1.82) is 0 Å². The van der Waals surface area contributed by atoms with Gasteiger partial charge in [0.05, 0.1) is 16.8 Å². The van der Waals surface area contributed by atoms with Crippen LogP contribution in [0.3, 0.4) is 0 Å². The number of amides is 1. The Balaban J connectivity index is 2.04. The Bertz CT molecular complexity index is 985. The molecule has 4 nitrogen and oxygen atoms in total. The lowest BCUT2D eigenvalue weighted by Crippen LogP contribution is -2.19. The molecule has 0 saturated heterocycles. The second-order valence-electron chi connectivity index (χ2n) is 5.35. The first-order valence-electron chi connectivity index (χ1n) is 7.68. The number of carbonyl (C=O) groups excluding carboxylic acids is 1. The molecule has 2 aromatic heterocycles. The van der Waals surface area contributed by atoms with Crippen molar-refractivity contribution in [2.24, 2.45) is 4.99 Å². The first-order valence-corrected chi connectivity index (χ1v) is 9.75. The number of carbonyl (C=O) groups is 1. The average Bonchev–Trinajstić information content (AvgIpc) is 3.22. The van der Waals surface area contributed by atoms with Crippen molar-refractivity contribution >= 4 is 56.5 Å². The molecule has 130 valence electrons. The monoisotopic (exact) mass is 392 g/mol. The third-order valence-electron chi connectivity index (χ3n) is 3.69. The molecule has 0 fully saturated rings. The van der Waals surface area contributed by atoms with Crippen LogP contribution in [0.2, 0.25) is 5.02 Å². The Morgan fingerprint density at radius 1 is 1.40 bits per heavy atom. The second kappa shape index (κ2) is 8.10. The normalized spacial score (nSPS) is 12.5. The number of ether oxygens (including phenoxy) is 1. The lowest BCUT2D eigenvalue weighted by atomic mass is 10.2. The molecule has 0 unspecified atom stereocenters. The van der Waals surface area contributed by atoms with E-state index in [1.54, 1.807) is 24.5 Å². The van der Waals surface area contributed by atoms with Crippen molar-refractivity contribution in [3.05, 3.63) is 56.0 Å². The first-order chi connectivity index (χ1) is 12.1. The minimum absolute atomic E-state index is 0.283. The highest BCUT2D eigenvalue weighted by atomic mass is 35.5. The third-order valence-corrected chi connectivity index (χ3v) is 5.98. The lowest BCUT2D eigenvalue weighted by molar-refractivity contribution is -0.113. The number of nitrogens with zero attached hydrogens (tertiary/aromatic N) is 2. The molecular formula is C18H17ClN2O2S2. The van der Waals surface area contributed by atoms with Gasteiger partial charge in [0, 0.05) is 29.6 Å². The van der Waals surface area contributed by atoms with E-state index in [0.29, 0.717) is 23.0 Å². The topological polar surface area (TPSA) is 43.6 Å². The molecule has 3 aromatic rings. The highest BCUT2D eigenvalue weighted by molar-refractivity contribution is 7.16. The number of aryl methyl sites for hydroxylation is 1. The Labute approximate surface area is 158 Å². The molecule has 0 saturated carbocycles. The number of rotatable bonds is 5. The molecule has 3 rings (SSSR count). The van der Waals surface area contributed by atoms with Crippen LogP contribution in [0.15, 0.2) is 40.7 Å². The average molecular weight is 393 g/mol. The smallest absolute Gasteiger partial charge is 0.272 e. The molecule has 7 heteroatoms. The van der Waals surface area contributed by atoms with E-state index in [1.807, 2.05) is 41.1 Å². The number of thiazole rings is 1. The molecule has 0 aliphatic heterocycles. The van der Waals surface area contributed by atoms with E-state index in [2.05, 4.69) is 4.99 Å².